The van der Waals surface area contributed by atoms with E-state index in [1.807, 2.05) is 13.8 Å². The van der Waals surface area contributed by atoms with Gasteiger partial charge in [-0.25, -0.2) is 0 Å². The normalized spacial score (nSPS) is 10.0. The van der Waals surface area contributed by atoms with Crippen molar-refractivity contribution in [1.29, 1.82) is 0 Å². The second-order valence-electron chi connectivity index (χ2n) is 4.17. The van der Waals surface area contributed by atoms with Gasteiger partial charge in [0.15, 0.2) is 0 Å². The van der Waals surface area contributed by atoms with Crippen molar-refractivity contribution in [2.75, 3.05) is 19.6 Å². The summed E-state index contributed by atoms with van der Waals surface area (Å²) in [7, 11) is 0. The molecular weight excluding hydrogens is 298 g/mol. The molecule has 0 saturated heterocycles. The average Bonchev–Trinajstić information content (AvgIpc) is 2.46. The third-order valence-electron chi connectivity index (χ3n) is 2.92. The summed E-state index contributed by atoms with van der Waals surface area (Å²) in [4.78, 5) is 35.4. The number of nitrogens with zero attached hydrogens (tertiary/aromatic N) is 2. The van der Waals surface area contributed by atoms with Crippen molar-refractivity contribution < 1.29 is 14.5 Å². The smallest absolute Gasteiger partial charge is 0.270 e. The van der Waals surface area contributed by atoms with E-state index in [1.54, 1.807) is 4.90 Å². The van der Waals surface area contributed by atoms with Crippen LogP contribution in [0.2, 0.25) is 5.02 Å². The number of carbonyl (C=O) groups is 2. The second-order valence-corrected chi connectivity index (χ2v) is 4.58. The van der Waals surface area contributed by atoms with E-state index < -0.39 is 10.8 Å². The molecule has 21 heavy (non-hydrogen) atoms. The van der Waals surface area contributed by atoms with Crippen LogP contribution in [0.5, 0.6) is 0 Å². The summed E-state index contributed by atoms with van der Waals surface area (Å²) in [5.74, 6) is -0.848. The highest BCUT2D eigenvalue weighted by molar-refractivity contribution is 6.34. The first-order valence-electron chi connectivity index (χ1n) is 6.40. The number of non-ortho nitro benzene ring substituents is 1. The summed E-state index contributed by atoms with van der Waals surface area (Å²) in [5, 5.41) is 13.2. The molecule has 0 atom stereocenters. The zero-order chi connectivity index (χ0) is 16.0. The predicted molar refractivity (Wildman–Crippen MR) is 78.4 cm³/mol. The van der Waals surface area contributed by atoms with E-state index in [1.165, 1.54) is 12.1 Å². The number of nitrogens with one attached hydrogen (secondary N) is 1. The van der Waals surface area contributed by atoms with Crippen molar-refractivity contribution in [2.24, 2.45) is 0 Å². The maximum atomic E-state index is 12.0. The Morgan fingerprint density at radius 1 is 1.33 bits per heavy atom. The van der Waals surface area contributed by atoms with E-state index in [0.717, 1.165) is 6.07 Å². The molecule has 8 heteroatoms. The summed E-state index contributed by atoms with van der Waals surface area (Å²) in [6.07, 6.45) is 0. The highest BCUT2D eigenvalue weighted by Gasteiger charge is 2.17. The van der Waals surface area contributed by atoms with Gasteiger partial charge in [0.1, 0.15) is 0 Å². The van der Waals surface area contributed by atoms with Crippen LogP contribution in [0.4, 0.5) is 5.69 Å². The number of nitro benzene ring substituents is 1. The van der Waals surface area contributed by atoms with Crippen molar-refractivity contribution >= 4 is 29.1 Å². The molecule has 1 N–H and O–H groups in total. The lowest BCUT2D eigenvalue weighted by molar-refractivity contribution is -0.384. The van der Waals surface area contributed by atoms with Crippen LogP contribution in [-0.2, 0) is 4.79 Å². The van der Waals surface area contributed by atoms with E-state index in [9.17, 15) is 19.7 Å². The molecule has 0 aliphatic carbocycles. The van der Waals surface area contributed by atoms with Gasteiger partial charge < -0.3 is 10.2 Å². The van der Waals surface area contributed by atoms with Gasteiger partial charge >= 0.3 is 0 Å². The molecule has 0 bridgehead atoms. The molecule has 0 saturated carbocycles. The van der Waals surface area contributed by atoms with Crippen LogP contribution < -0.4 is 5.32 Å². The number of nitro groups is 1. The summed E-state index contributed by atoms with van der Waals surface area (Å²) in [6.45, 7) is 4.58. The molecule has 0 aliphatic heterocycles. The number of hydrogen-bond donors (Lipinski definition) is 1. The number of halogens is 1. The van der Waals surface area contributed by atoms with Crippen molar-refractivity contribution in [2.45, 2.75) is 13.8 Å². The molecular formula is C13H16ClN3O4. The minimum atomic E-state index is -0.621. The molecule has 0 radical (unpaired) electrons. The van der Waals surface area contributed by atoms with Crippen LogP contribution in [0.15, 0.2) is 18.2 Å². The lowest BCUT2D eigenvalue weighted by Gasteiger charge is -2.18. The first-order chi connectivity index (χ1) is 9.90. The largest absolute Gasteiger partial charge is 0.343 e. The number of rotatable bonds is 6. The molecule has 0 unspecified atom stereocenters. The average molecular weight is 314 g/mol. The van der Waals surface area contributed by atoms with Gasteiger partial charge in [-0.1, -0.05) is 11.6 Å². The fourth-order valence-electron chi connectivity index (χ4n) is 1.74. The Bertz CT molecular complexity index is 558. The van der Waals surface area contributed by atoms with Gasteiger partial charge in [-0.3, -0.25) is 19.7 Å². The standard InChI is InChI=1S/C13H16ClN3O4/c1-3-16(4-2)12(18)8-15-13(19)10-7-9(17(20)21)5-6-11(10)14/h5-7H,3-4,8H2,1-2H3,(H,15,19). The fourth-order valence-corrected chi connectivity index (χ4v) is 1.94. The number of benzene rings is 1. The van der Waals surface area contributed by atoms with Gasteiger partial charge in [0.05, 0.1) is 22.1 Å². The van der Waals surface area contributed by atoms with Crippen molar-refractivity contribution in [3.05, 3.63) is 38.9 Å². The summed E-state index contributed by atoms with van der Waals surface area (Å²) >= 11 is 5.85. The Morgan fingerprint density at radius 2 is 1.95 bits per heavy atom. The fraction of sp³-hybridized carbons (Fsp3) is 0.385. The highest BCUT2D eigenvalue weighted by Crippen LogP contribution is 2.21. The zero-order valence-electron chi connectivity index (χ0n) is 11.8. The first-order valence-corrected chi connectivity index (χ1v) is 6.78. The molecule has 0 heterocycles. The van der Waals surface area contributed by atoms with E-state index in [0.29, 0.717) is 13.1 Å². The molecule has 2 amide bonds. The SMILES string of the molecule is CCN(CC)C(=O)CNC(=O)c1cc([N+](=O)[O-])ccc1Cl. The lowest BCUT2D eigenvalue weighted by Crippen LogP contribution is -2.40. The Hall–Kier alpha value is -2.15. The van der Waals surface area contributed by atoms with Crippen molar-refractivity contribution in [3.8, 4) is 0 Å². The molecule has 7 nitrogen and oxygen atoms in total. The Kier molecular flexibility index (Phi) is 6.10. The van der Waals surface area contributed by atoms with Gasteiger partial charge in [0.25, 0.3) is 11.6 Å². The summed E-state index contributed by atoms with van der Waals surface area (Å²) < 4.78 is 0. The van der Waals surface area contributed by atoms with Crippen LogP contribution in [0.1, 0.15) is 24.2 Å². The first kappa shape index (κ1) is 16.9. The lowest BCUT2D eigenvalue weighted by atomic mass is 10.2. The third-order valence-corrected chi connectivity index (χ3v) is 3.25. The molecule has 0 spiro atoms. The van der Waals surface area contributed by atoms with Crippen molar-refractivity contribution in [3.63, 3.8) is 0 Å². The molecule has 0 aliphatic rings. The Labute approximate surface area is 127 Å². The summed E-state index contributed by atoms with van der Waals surface area (Å²) in [5.41, 5.74) is -0.266. The van der Waals surface area contributed by atoms with Gasteiger partial charge in [0.2, 0.25) is 5.91 Å². The Morgan fingerprint density at radius 3 is 2.48 bits per heavy atom. The minimum Gasteiger partial charge on any atom is -0.343 e. The number of amides is 2. The quantitative estimate of drug-likeness (QED) is 0.640. The molecule has 1 rings (SSSR count). The van der Waals surface area contributed by atoms with Crippen LogP contribution in [0.25, 0.3) is 0 Å². The maximum absolute atomic E-state index is 12.0. The van der Waals surface area contributed by atoms with Gasteiger partial charge in [-0.2, -0.15) is 0 Å². The maximum Gasteiger partial charge on any atom is 0.270 e. The van der Waals surface area contributed by atoms with Gasteiger partial charge in [-0.15, -0.1) is 0 Å². The second kappa shape index (κ2) is 7.58. The summed E-state index contributed by atoms with van der Waals surface area (Å²) in [6, 6.07) is 3.57. The van der Waals surface area contributed by atoms with E-state index >= 15 is 0 Å². The monoisotopic (exact) mass is 313 g/mol. The van der Waals surface area contributed by atoms with E-state index in [-0.39, 0.29) is 28.7 Å². The molecule has 0 aromatic heterocycles. The predicted octanol–water partition coefficient (Wildman–Crippen LogP) is 1.85. The van der Waals surface area contributed by atoms with Gasteiger partial charge in [0, 0.05) is 25.2 Å². The topological polar surface area (TPSA) is 92.6 Å². The molecule has 114 valence electrons. The van der Waals surface area contributed by atoms with E-state index in [2.05, 4.69) is 5.32 Å². The van der Waals surface area contributed by atoms with Crippen LogP contribution in [-0.4, -0.2) is 41.3 Å². The highest BCUT2D eigenvalue weighted by atomic mass is 35.5. The third kappa shape index (κ3) is 4.42. The number of hydrogen-bond acceptors (Lipinski definition) is 4. The van der Waals surface area contributed by atoms with Crippen LogP contribution in [0, 0.1) is 10.1 Å². The van der Waals surface area contributed by atoms with Crippen LogP contribution in [0.3, 0.4) is 0 Å². The molecule has 1 aromatic carbocycles. The minimum absolute atomic E-state index is 0.0294. The molecule has 0 fully saturated rings. The molecule has 1 aromatic rings. The van der Waals surface area contributed by atoms with Crippen LogP contribution >= 0.6 is 11.6 Å². The van der Waals surface area contributed by atoms with Gasteiger partial charge in [-0.05, 0) is 19.9 Å². The van der Waals surface area contributed by atoms with Crippen molar-refractivity contribution in [1.82, 2.24) is 10.2 Å². The number of likely N-dealkylation sites (N-methyl/N-ethyl adjacent to an activating group) is 1. The zero-order valence-corrected chi connectivity index (χ0v) is 12.5. The number of carbonyl (C=O) groups excluding carboxylic acids is 2. The van der Waals surface area contributed by atoms with E-state index in [4.69, 9.17) is 11.6 Å². The Balaban J connectivity index is 2.78.